The van der Waals surface area contributed by atoms with Gasteiger partial charge in [0.15, 0.2) is 5.16 Å². The zero-order valence-electron chi connectivity index (χ0n) is 18.5. The van der Waals surface area contributed by atoms with E-state index in [9.17, 15) is 9.59 Å². The van der Waals surface area contributed by atoms with Crippen LogP contribution in [0.3, 0.4) is 0 Å². The standard InChI is InChI=1S/C26H22N4O2S/c1-15-9-8-10-16(2)22(15)30-25(32)19-12-5-7-14-21(19)28-26(30)33-17(3)23-27-20-13-6-4-11-18(20)24(31)29-23/h4-14,17H,1-3H3,(H,27,29,31). The maximum Gasteiger partial charge on any atom is 0.266 e. The summed E-state index contributed by atoms with van der Waals surface area (Å²) >= 11 is 1.40. The Kier molecular flexibility index (Phi) is 5.34. The molecule has 2 aromatic heterocycles. The normalized spacial score (nSPS) is 12.3. The topological polar surface area (TPSA) is 80.6 Å². The molecule has 0 aliphatic rings. The molecule has 5 aromatic rings. The first-order chi connectivity index (χ1) is 15.9. The van der Waals surface area contributed by atoms with Crippen molar-refractivity contribution in [2.75, 3.05) is 0 Å². The number of H-pyrrole nitrogens is 1. The van der Waals surface area contributed by atoms with Crippen LogP contribution in [0.25, 0.3) is 27.5 Å². The fourth-order valence-electron chi connectivity index (χ4n) is 4.06. The average molecular weight is 455 g/mol. The Morgan fingerprint density at radius 2 is 1.42 bits per heavy atom. The Hall–Kier alpha value is -3.71. The van der Waals surface area contributed by atoms with Gasteiger partial charge in [-0.3, -0.25) is 14.2 Å². The molecular weight excluding hydrogens is 432 g/mol. The summed E-state index contributed by atoms with van der Waals surface area (Å²) in [6, 6.07) is 20.6. The molecule has 0 bridgehead atoms. The molecule has 33 heavy (non-hydrogen) atoms. The number of hydrogen-bond donors (Lipinski definition) is 1. The second kappa shape index (κ2) is 8.33. The van der Waals surface area contributed by atoms with E-state index in [0.29, 0.717) is 32.8 Å². The van der Waals surface area contributed by atoms with Gasteiger partial charge in [0.25, 0.3) is 11.1 Å². The number of aromatic nitrogens is 4. The first kappa shape index (κ1) is 21.2. The average Bonchev–Trinajstić information content (AvgIpc) is 2.80. The van der Waals surface area contributed by atoms with Crippen LogP contribution < -0.4 is 11.1 Å². The largest absolute Gasteiger partial charge is 0.309 e. The molecule has 164 valence electrons. The lowest BCUT2D eigenvalue weighted by Gasteiger charge is -2.19. The summed E-state index contributed by atoms with van der Waals surface area (Å²) in [5, 5.41) is 1.43. The molecule has 0 aliphatic carbocycles. The number of aryl methyl sites for hydroxylation is 2. The molecular formula is C26H22N4O2S. The highest BCUT2D eigenvalue weighted by atomic mass is 32.2. The molecule has 0 saturated heterocycles. The molecule has 1 unspecified atom stereocenters. The van der Waals surface area contributed by atoms with E-state index >= 15 is 0 Å². The zero-order valence-corrected chi connectivity index (χ0v) is 19.3. The van der Waals surface area contributed by atoms with Gasteiger partial charge < -0.3 is 4.98 Å². The molecule has 7 heteroatoms. The van der Waals surface area contributed by atoms with Crippen molar-refractivity contribution in [2.24, 2.45) is 0 Å². The number of aromatic amines is 1. The van der Waals surface area contributed by atoms with Crippen LogP contribution in [0, 0.1) is 13.8 Å². The monoisotopic (exact) mass is 454 g/mol. The summed E-state index contributed by atoms with van der Waals surface area (Å²) in [6.45, 7) is 5.93. The van der Waals surface area contributed by atoms with Gasteiger partial charge in [-0.2, -0.15) is 0 Å². The predicted octanol–water partition coefficient (Wildman–Crippen LogP) is 5.09. The number of benzene rings is 3. The lowest BCUT2D eigenvalue weighted by molar-refractivity contribution is 0.800. The lowest BCUT2D eigenvalue weighted by Crippen LogP contribution is -2.23. The van der Waals surface area contributed by atoms with Gasteiger partial charge in [-0.1, -0.05) is 54.2 Å². The van der Waals surface area contributed by atoms with Crippen molar-refractivity contribution in [3.63, 3.8) is 0 Å². The van der Waals surface area contributed by atoms with Crippen LogP contribution in [0.4, 0.5) is 0 Å². The Labute approximate surface area is 194 Å². The zero-order chi connectivity index (χ0) is 23.1. The van der Waals surface area contributed by atoms with Crippen LogP contribution in [0.15, 0.2) is 81.5 Å². The third kappa shape index (κ3) is 3.74. The van der Waals surface area contributed by atoms with Gasteiger partial charge in [-0.25, -0.2) is 9.97 Å². The van der Waals surface area contributed by atoms with Crippen molar-refractivity contribution in [2.45, 2.75) is 31.2 Å². The predicted molar refractivity (Wildman–Crippen MR) is 133 cm³/mol. The van der Waals surface area contributed by atoms with E-state index in [0.717, 1.165) is 16.8 Å². The van der Waals surface area contributed by atoms with E-state index in [4.69, 9.17) is 4.98 Å². The number of fused-ring (bicyclic) bond motifs is 2. The third-order valence-electron chi connectivity index (χ3n) is 5.71. The summed E-state index contributed by atoms with van der Waals surface area (Å²) in [4.78, 5) is 38.6. The molecule has 0 aliphatic heterocycles. The molecule has 0 saturated carbocycles. The maximum atomic E-state index is 13.6. The van der Waals surface area contributed by atoms with Gasteiger partial charge in [0.1, 0.15) is 5.82 Å². The Balaban J connectivity index is 1.70. The van der Waals surface area contributed by atoms with Gasteiger partial charge in [0.05, 0.1) is 32.7 Å². The number of nitrogens with one attached hydrogen (secondary N) is 1. The molecule has 0 spiro atoms. The van der Waals surface area contributed by atoms with Crippen LogP contribution in [-0.2, 0) is 0 Å². The highest BCUT2D eigenvalue weighted by Crippen LogP contribution is 2.34. The second-order valence-corrected chi connectivity index (χ2v) is 9.33. The van der Waals surface area contributed by atoms with Crippen LogP contribution in [-0.4, -0.2) is 19.5 Å². The van der Waals surface area contributed by atoms with Crippen molar-refractivity contribution >= 4 is 33.6 Å². The van der Waals surface area contributed by atoms with Gasteiger partial charge in [-0.15, -0.1) is 0 Å². The van der Waals surface area contributed by atoms with E-state index in [1.165, 1.54) is 11.8 Å². The Morgan fingerprint density at radius 3 is 2.12 bits per heavy atom. The van der Waals surface area contributed by atoms with E-state index in [-0.39, 0.29) is 16.4 Å². The van der Waals surface area contributed by atoms with Crippen LogP contribution >= 0.6 is 11.8 Å². The van der Waals surface area contributed by atoms with Crippen LogP contribution in [0.2, 0.25) is 0 Å². The Bertz CT molecular complexity index is 1620. The maximum absolute atomic E-state index is 13.6. The molecule has 0 amide bonds. The fourth-order valence-corrected chi connectivity index (χ4v) is 5.03. The molecule has 3 aromatic carbocycles. The molecule has 0 radical (unpaired) electrons. The van der Waals surface area contributed by atoms with Crippen LogP contribution in [0.1, 0.15) is 29.1 Å². The molecule has 2 heterocycles. The number of para-hydroxylation sites is 3. The summed E-state index contributed by atoms with van der Waals surface area (Å²) in [6.07, 6.45) is 0. The fraction of sp³-hybridized carbons (Fsp3) is 0.154. The molecule has 0 fully saturated rings. The van der Waals surface area contributed by atoms with E-state index in [1.54, 1.807) is 16.7 Å². The minimum Gasteiger partial charge on any atom is -0.309 e. The SMILES string of the molecule is Cc1cccc(C)c1-n1c(SC(C)c2nc3ccccc3c(=O)[nH]2)nc2ccccc2c1=O. The quantitative estimate of drug-likeness (QED) is 0.302. The Morgan fingerprint density at radius 1 is 0.818 bits per heavy atom. The van der Waals surface area contributed by atoms with Gasteiger partial charge in [0, 0.05) is 0 Å². The van der Waals surface area contributed by atoms with E-state index < -0.39 is 0 Å². The van der Waals surface area contributed by atoms with Crippen LogP contribution in [0.5, 0.6) is 0 Å². The highest BCUT2D eigenvalue weighted by molar-refractivity contribution is 7.99. The third-order valence-corrected chi connectivity index (χ3v) is 6.77. The van der Waals surface area contributed by atoms with Crippen molar-refractivity contribution < 1.29 is 0 Å². The van der Waals surface area contributed by atoms with E-state index in [2.05, 4.69) is 9.97 Å². The summed E-state index contributed by atoms with van der Waals surface area (Å²) in [5.74, 6) is 0.541. The number of thioether (sulfide) groups is 1. The lowest BCUT2D eigenvalue weighted by atomic mass is 10.1. The molecule has 6 nitrogen and oxygen atoms in total. The molecule has 1 N–H and O–H groups in total. The first-order valence-corrected chi connectivity index (χ1v) is 11.6. The van der Waals surface area contributed by atoms with Gasteiger partial charge in [0.2, 0.25) is 0 Å². The number of nitrogens with zero attached hydrogens (tertiary/aromatic N) is 3. The first-order valence-electron chi connectivity index (χ1n) is 10.7. The number of rotatable bonds is 4. The molecule has 5 rings (SSSR count). The highest BCUT2D eigenvalue weighted by Gasteiger charge is 2.20. The minimum atomic E-state index is -0.244. The van der Waals surface area contributed by atoms with Crippen molar-refractivity contribution in [3.05, 3.63) is 104 Å². The minimum absolute atomic E-state index is 0.118. The van der Waals surface area contributed by atoms with Crippen molar-refractivity contribution in [3.8, 4) is 5.69 Å². The number of hydrogen-bond acceptors (Lipinski definition) is 5. The van der Waals surface area contributed by atoms with Gasteiger partial charge >= 0.3 is 0 Å². The second-order valence-electron chi connectivity index (χ2n) is 8.02. The van der Waals surface area contributed by atoms with Crippen molar-refractivity contribution in [1.29, 1.82) is 0 Å². The summed E-state index contributed by atoms with van der Waals surface area (Å²) in [7, 11) is 0. The smallest absolute Gasteiger partial charge is 0.266 e. The molecule has 1 atom stereocenters. The van der Waals surface area contributed by atoms with Gasteiger partial charge in [-0.05, 0) is 56.2 Å². The van der Waals surface area contributed by atoms with E-state index in [1.807, 2.05) is 75.4 Å². The summed E-state index contributed by atoms with van der Waals surface area (Å²) < 4.78 is 1.69. The summed E-state index contributed by atoms with van der Waals surface area (Å²) in [5.41, 5.74) is 3.79. The van der Waals surface area contributed by atoms with Crippen molar-refractivity contribution in [1.82, 2.24) is 19.5 Å².